The van der Waals surface area contributed by atoms with Crippen molar-refractivity contribution in [1.82, 2.24) is 9.55 Å². The van der Waals surface area contributed by atoms with E-state index in [0.29, 0.717) is 16.0 Å². The lowest BCUT2D eigenvalue weighted by atomic mass is 10.3. The van der Waals surface area contributed by atoms with Gasteiger partial charge in [-0.3, -0.25) is 14.6 Å². The van der Waals surface area contributed by atoms with E-state index in [9.17, 15) is 14.4 Å². The summed E-state index contributed by atoms with van der Waals surface area (Å²) in [6.45, 7) is 3.96. The van der Waals surface area contributed by atoms with Crippen LogP contribution in [0.15, 0.2) is 39.9 Å². The molecule has 1 heterocycles. The lowest BCUT2D eigenvalue weighted by Gasteiger charge is -2.13. The minimum absolute atomic E-state index is 0.107. The van der Waals surface area contributed by atoms with Crippen LogP contribution in [0.5, 0.6) is 0 Å². The summed E-state index contributed by atoms with van der Waals surface area (Å²) in [7, 11) is 0. The van der Waals surface area contributed by atoms with Crippen LogP contribution in [-0.4, -0.2) is 26.5 Å². The first kappa shape index (κ1) is 17.4. The van der Waals surface area contributed by atoms with Crippen molar-refractivity contribution in [3.63, 3.8) is 0 Å². The fourth-order valence-corrected chi connectivity index (χ4v) is 2.62. The molecule has 6 nitrogen and oxygen atoms in total. The van der Waals surface area contributed by atoms with Gasteiger partial charge in [0.1, 0.15) is 5.82 Å². The van der Waals surface area contributed by atoms with Crippen molar-refractivity contribution in [3.05, 3.63) is 56.2 Å². The van der Waals surface area contributed by atoms with Gasteiger partial charge in [0.2, 0.25) is 5.91 Å². The summed E-state index contributed by atoms with van der Waals surface area (Å²) < 4.78 is 1.20. The van der Waals surface area contributed by atoms with Crippen molar-refractivity contribution >= 4 is 35.1 Å². The smallest absolute Gasteiger partial charge is 0.311 e. The van der Waals surface area contributed by atoms with Crippen LogP contribution >= 0.6 is 23.4 Å². The number of thioether (sulfide) groups is 1. The largest absolute Gasteiger partial charge is 0.334 e. The van der Waals surface area contributed by atoms with Gasteiger partial charge in [0.15, 0.2) is 0 Å². The Kier molecular flexibility index (Phi) is 5.68. The van der Waals surface area contributed by atoms with E-state index >= 15 is 0 Å². The van der Waals surface area contributed by atoms with E-state index in [1.54, 1.807) is 24.3 Å². The molecule has 0 atom stereocenters. The number of H-pyrrole nitrogens is 1. The van der Waals surface area contributed by atoms with Crippen LogP contribution in [0.25, 0.3) is 5.69 Å². The van der Waals surface area contributed by atoms with Gasteiger partial charge in [-0.25, -0.2) is 9.36 Å². The molecule has 0 spiro atoms. The Bertz CT molecular complexity index is 829. The lowest BCUT2D eigenvalue weighted by Crippen LogP contribution is -2.32. The number of hydrogen-bond donors (Lipinski definition) is 2. The third-order valence-electron chi connectivity index (χ3n) is 2.82. The number of hydrogen-bond acceptors (Lipinski definition) is 4. The molecule has 1 aromatic carbocycles. The van der Waals surface area contributed by atoms with Gasteiger partial charge >= 0.3 is 5.69 Å². The second-order valence-electron chi connectivity index (χ2n) is 5.05. The molecule has 2 rings (SSSR count). The third-order valence-corrected chi connectivity index (χ3v) is 4.15. The van der Waals surface area contributed by atoms with Crippen molar-refractivity contribution in [1.29, 1.82) is 0 Å². The maximum atomic E-state index is 12.1. The first-order valence-electron chi connectivity index (χ1n) is 6.90. The average molecular weight is 354 g/mol. The van der Waals surface area contributed by atoms with Gasteiger partial charge in [0.25, 0.3) is 5.56 Å². The first-order chi connectivity index (χ1) is 10.9. The zero-order valence-corrected chi connectivity index (χ0v) is 14.2. The van der Waals surface area contributed by atoms with E-state index < -0.39 is 11.2 Å². The average Bonchev–Trinajstić information content (AvgIpc) is 2.44. The number of carbonyl (C=O) groups is 1. The van der Waals surface area contributed by atoms with Gasteiger partial charge in [-0.2, -0.15) is 0 Å². The number of aromatic amines is 1. The molecule has 1 aromatic heterocycles. The number of nitrogens with one attached hydrogen (secondary N) is 2. The summed E-state index contributed by atoms with van der Waals surface area (Å²) >= 11 is 7.41. The second-order valence-corrected chi connectivity index (χ2v) is 7.05. The fraction of sp³-hybridized carbons (Fsp3) is 0.267. The van der Waals surface area contributed by atoms with Crippen molar-refractivity contribution in [2.75, 3.05) is 11.1 Å². The van der Waals surface area contributed by atoms with Gasteiger partial charge in [-0.05, 0) is 23.4 Å². The van der Waals surface area contributed by atoms with Crippen LogP contribution in [0.2, 0.25) is 5.02 Å². The van der Waals surface area contributed by atoms with Crippen LogP contribution in [0.1, 0.15) is 13.8 Å². The number of rotatable bonds is 5. The number of amides is 1. The predicted molar refractivity (Wildman–Crippen MR) is 93.9 cm³/mol. The summed E-state index contributed by atoms with van der Waals surface area (Å²) in [6, 6.07) is 7.74. The number of halogens is 1. The van der Waals surface area contributed by atoms with E-state index in [4.69, 9.17) is 11.6 Å². The molecule has 0 unspecified atom stereocenters. The van der Waals surface area contributed by atoms with Crippen LogP contribution in [0.4, 0.5) is 5.82 Å². The Balaban J connectivity index is 2.41. The predicted octanol–water partition coefficient (Wildman–Crippen LogP) is 2.26. The highest BCUT2D eigenvalue weighted by atomic mass is 35.5. The van der Waals surface area contributed by atoms with E-state index in [0.717, 1.165) is 0 Å². The molecule has 122 valence electrons. The monoisotopic (exact) mass is 353 g/mol. The van der Waals surface area contributed by atoms with Crippen molar-refractivity contribution in [2.45, 2.75) is 19.1 Å². The lowest BCUT2D eigenvalue weighted by molar-refractivity contribution is -0.113. The van der Waals surface area contributed by atoms with Gasteiger partial charge in [0.05, 0.1) is 11.4 Å². The molecular formula is C15H16ClN3O3S. The maximum Gasteiger partial charge on any atom is 0.334 e. The number of carbonyl (C=O) groups excluding carboxylic acids is 1. The number of benzene rings is 1. The second kappa shape index (κ2) is 7.52. The molecular weight excluding hydrogens is 338 g/mol. The Morgan fingerprint density at radius 1 is 1.35 bits per heavy atom. The Labute approximate surface area is 141 Å². The maximum absolute atomic E-state index is 12.1. The van der Waals surface area contributed by atoms with Gasteiger partial charge in [0, 0.05) is 11.1 Å². The fourth-order valence-electron chi connectivity index (χ4n) is 1.88. The van der Waals surface area contributed by atoms with Crippen LogP contribution in [0, 0.1) is 0 Å². The third kappa shape index (κ3) is 4.74. The molecule has 8 heteroatoms. The summed E-state index contributed by atoms with van der Waals surface area (Å²) in [6.07, 6.45) is 0. The molecule has 2 N–H and O–H groups in total. The molecule has 0 radical (unpaired) electrons. The molecule has 0 fully saturated rings. The number of nitrogens with zero attached hydrogens (tertiary/aromatic N) is 1. The standard InChI is InChI=1S/C15H16ClN3O3S/c1-9(2)23-8-14(21)17-12-7-13(20)18-15(22)19(12)11-5-3-4-10(16)6-11/h3-7,9H,8H2,1-2H3,(H,17,21)(H,18,20,22). The Hall–Kier alpha value is -1.99. The van der Waals surface area contributed by atoms with Gasteiger partial charge in [-0.15, -0.1) is 11.8 Å². The zero-order chi connectivity index (χ0) is 17.0. The van der Waals surface area contributed by atoms with Crippen molar-refractivity contribution in [2.24, 2.45) is 0 Å². The summed E-state index contributed by atoms with van der Waals surface area (Å²) in [5.41, 5.74) is -0.780. The van der Waals surface area contributed by atoms with Crippen LogP contribution in [-0.2, 0) is 4.79 Å². The molecule has 0 saturated carbocycles. The highest BCUT2D eigenvalue weighted by Crippen LogP contribution is 2.17. The summed E-state index contributed by atoms with van der Waals surface area (Å²) in [5.74, 6) is 0.0497. The van der Waals surface area contributed by atoms with Crippen molar-refractivity contribution in [3.8, 4) is 5.69 Å². The molecule has 0 aliphatic rings. The highest BCUT2D eigenvalue weighted by molar-refractivity contribution is 8.00. The minimum atomic E-state index is -0.647. The Morgan fingerprint density at radius 2 is 2.09 bits per heavy atom. The summed E-state index contributed by atoms with van der Waals surface area (Å²) in [5, 5.41) is 3.34. The molecule has 0 aliphatic carbocycles. The molecule has 0 aliphatic heterocycles. The van der Waals surface area contributed by atoms with Crippen molar-refractivity contribution < 1.29 is 4.79 Å². The minimum Gasteiger partial charge on any atom is -0.311 e. The van der Waals surface area contributed by atoms with E-state index in [-0.39, 0.29) is 17.5 Å². The van der Waals surface area contributed by atoms with Gasteiger partial charge < -0.3 is 5.32 Å². The SMILES string of the molecule is CC(C)SCC(=O)Nc1cc(=O)[nH]c(=O)n1-c1cccc(Cl)c1. The molecule has 23 heavy (non-hydrogen) atoms. The quantitative estimate of drug-likeness (QED) is 0.863. The van der Waals surface area contributed by atoms with E-state index in [1.807, 2.05) is 13.8 Å². The number of aromatic nitrogens is 2. The summed E-state index contributed by atoms with van der Waals surface area (Å²) in [4.78, 5) is 37.9. The van der Waals surface area contributed by atoms with E-state index in [2.05, 4.69) is 10.3 Å². The highest BCUT2D eigenvalue weighted by Gasteiger charge is 2.12. The van der Waals surface area contributed by atoms with Crippen LogP contribution in [0.3, 0.4) is 0 Å². The van der Waals surface area contributed by atoms with Crippen LogP contribution < -0.4 is 16.6 Å². The molecule has 0 saturated heterocycles. The number of anilines is 1. The molecule has 0 bridgehead atoms. The zero-order valence-electron chi connectivity index (χ0n) is 12.6. The van der Waals surface area contributed by atoms with E-state index in [1.165, 1.54) is 22.4 Å². The molecule has 2 aromatic rings. The normalized spacial score (nSPS) is 10.8. The molecule has 1 amide bonds. The first-order valence-corrected chi connectivity index (χ1v) is 8.33. The van der Waals surface area contributed by atoms with Gasteiger partial charge in [-0.1, -0.05) is 31.5 Å². The topological polar surface area (TPSA) is 84.0 Å². The Morgan fingerprint density at radius 3 is 2.74 bits per heavy atom.